The summed E-state index contributed by atoms with van der Waals surface area (Å²) in [5, 5.41) is 0. The van der Waals surface area contributed by atoms with E-state index in [4.69, 9.17) is 4.74 Å². The van der Waals surface area contributed by atoms with Crippen LogP contribution in [-0.2, 0) is 0 Å². The fourth-order valence-corrected chi connectivity index (χ4v) is 0.898. The highest BCUT2D eigenvalue weighted by Crippen LogP contribution is 2.28. The lowest BCUT2D eigenvalue weighted by atomic mass is 10.2. The minimum atomic E-state index is -1.60. The molecule has 0 atom stereocenters. The molecule has 0 aromatic heterocycles. The third-order valence-electron chi connectivity index (χ3n) is 1.41. The molecule has 1 aromatic carbocycles. The number of hydrogen-bond donors (Lipinski definition) is 0. The van der Waals surface area contributed by atoms with Crippen LogP contribution in [0.3, 0.4) is 0 Å². The third kappa shape index (κ3) is 2.61. The van der Waals surface area contributed by atoms with E-state index in [0.717, 1.165) is 0 Å². The molecule has 0 aliphatic rings. The van der Waals surface area contributed by atoms with Gasteiger partial charge < -0.3 is 4.74 Å². The molecule has 5 heteroatoms. The number of halogens is 4. The maximum absolute atomic E-state index is 13.0. The molecule has 0 saturated carbocycles. The molecular formula is C10H9F4O. The maximum atomic E-state index is 13.0. The Morgan fingerprint density at radius 1 is 0.933 bits per heavy atom. The van der Waals surface area contributed by atoms with E-state index in [1.165, 1.54) is 26.8 Å². The average Bonchev–Trinajstić information content (AvgIpc) is 2.08. The normalized spacial score (nSPS) is 11.7. The Morgan fingerprint density at radius 2 is 1.33 bits per heavy atom. The first-order valence-corrected chi connectivity index (χ1v) is 4.16. The van der Waals surface area contributed by atoms with Gasteiger partial charge in [0.05, 0.1) is 6.07 Å². The Balaban J connectivity index is 3.27. The van der Waals surface area contributed by atoms with E-state index in [1.807, 2.05) is 0 Å². The van der Waals surface area contributed by atoms with Crippen molar-refractivity contribution in [3.8, 4) is 5.75 Å². The Hall–Kier alpha value is -1.26. The number of ether oxygens (including phenoxy) is 1. The molecule has 15 heavy (non-hydrogen) atoms. The molecule has 1 radical (unpaired) electrons. The van der Waals surface area contributed by atoms with Gasteiger partial charge in [0, 0.05) is 0 Å². The lowest BCUT2D eigenvalue weighted by Crippen LogP contribution is -2.24. The van der Waals surface area contributed by atoms with Gasteiger partial charge >= 0.3 is 0 Å². The van der Waals surface area contributed by atoms with Gasteiger partial charge in [-0.2, -0.15) is 8.78 Å². The molecule has 0 saturated heterocycles. The second kappa shape index (κ2) is 3.72. The van der Waals surface area contributed by atoms with Crippen LogP contribution in [0.5, 0.6) is 5.75 Å². The molecule has 0 heterocycles. The first-order valence-electron chi connectivity index (χ1n) is 4.16. The fourth-order valence-electron chi connectivity index (χ4n) is 0.898. The summed E-state index contributed by atoms with van der Waals surface area (Å²) in [6, 6.07) is 1.27. The van der Waals surface area contributed by atoms with E-state index >= 15 is 0 Å². The van der Waals surface area contributed by atoms with Crippen molar-refractivity contribution in [1.29, 1.82) is 0 Å². The van der Waals surface area contributed by atoms with Gasteiger partial charge in [0.15, 0.2) is 17.4 Å². The highest BCUT2D eigenvalue weighted by atomic mass is 19.2. The molecular weight excluding hydrogens is 212 g/mol. The van der Waals surface area contributed by atoms with E-state index in [0.29, 0.717) is 0 Å². The van der Waals surface area contributed by atoms with E-state index in [-0.39, 0.29) is 0 Å². The summed E-state index contributed by atoms with van der Waals surface area (Å²) in [6.07, 6.45) is 0. The molecule has 0 N–H and O–H groups in total. The highest BCUT2D eigenvalue weighted by molar-refractivity contribution is 5.28. The Morgan fingerprint density at radius 3 is 1.67 bits per heavy atom. The molecule has 0 fully saturated rings. The molecule has 0 unspecified atom stereocenters. The van der Waals surface area contributed by atoms with Crippen LogP contribution in [-0.4, -0.2) is 5.60 Å². The van der Waals surface area contributed by atoms with Crippen LogP contribution in [0.15, 0.2) is 0 Å². The van der Waals surface area contributed by atoms with Crippen molar-refractivity contribution in [3.05, 3.63) is 29.3 Å². The first-order chi connectivity index (χ1) is 6.72. The largest absolute Gasteiger partial charge is 0.482 e. The second-order valence-electron chi connectivity index (χ2n) is 3.92. The predicted molar refractivity (Wildman–Crippen MR) is 45.5 cm³/mol. The van der Waals surface area contributed by atoms with Gasteiger partial charge in [0.2, 0.25) is 11.6 Å². The monoisotopic (exact) mass is 221 g/mol. The van der Waals surface area contributed by atoms with Crippen LogP contribution in [0.25, 0.3) is 0 Å². The first kappa shape index (κ1) is 11.8. The van der Waals surface area contributed by atoms with E-state index < -0.39 is 34.6 Å². The van der Waals surface area contributed by atoms with Gasteiger partial charge in [-0.25, -0.2) is 8.78 Å². The van der Waals surface area contributed by atoms with Crippen molar-refractivity contribution in [1.82, 2.24) is 0 Å². The summed E-state index contributed by atoms with van der Waals surface area (Å²) in [5.41, 5.74) is -0.956. The summed E-state index contributed by atoms with van der Waals surface area (Å²) < 4.78 is 56.2. The minimum absolute atomic E-state index is 0.956. The second-order valence-corrected chi connectivity index (χ2v) is 3.92. The Kier molecular flexibility index (Phi) is 2.93. The predicted octanol–water partition coefficient (Wildman–Crippen LogP) is 3.22. The summed E-state index contributed by atoms with van der Waals surface area (Å²) in [4.78, 5) is 0. The fraction of sp³-hybridized carbons (Fsp3) is 0.400. The molecule has 1 aromatic rings. The van der Waals surface area contributed by atoms with Gasteiger partial charge in [0.25, 0.3) is 0 Å². The van der Waals surface area contributed by atoms with E-state index in [9.17, 15) is 17.6 Å². The molecule has 0 amide bonds. The molecule has 0 aliphatic carbocycles. The lowest BCUT2D eigenvalue weighted by molar-refractivity contribution is 0.114. The summed E-state index contributed by atoms with van der Waals surface area (Å²) >= 11 is 0. The number of benzene rings is 1. The van der Waals surface area contributed by atoms with Gasteiger partial charge in [-0.1, -0.05) is 0 Å². The summed E-state index contributed by atoms with van der Waals surface area (Å²) in [6.45, 7) is 4.50. The third-order valence-corrected chi connectivity index (χ3v) is 1.41. The molecule has 1 rings (SSSR count). The Bertz CT molecular complexity index is 356. The van der Waals surface area contributed by atoms with Gasteiger partial charge in [-0.15, -0.1) is 0 Å². The van der Waals surface area contributed by atoms with E-state index in [2.05, 4.69) is 0 Å². The standard InChI is InChI=1S/C10H9F4O/c1-10(2,3)15-9-7(13)5(11)4-6(12)8(9)14/h1-3H3. The van der Waals surface area contributed by atoms with Gasteiger partial charge in [-0.3, -0.25) is 0 Å². The van der Waals surface area contributed by atoms with Gasteiger partial charge in [0.1, 0.15) is 5.60 Å². The van der Waals surface area contributed by atoms with Crippen molar-refractivity contribution in [2.75, 3.05) is 0 Å². The van der Waals surface area contributed by atoms with Crippen molar-refractivity contribution < 1.29 is 22.3 Å². The van der Waals surface area contributed by atoms with Crippen LogP contribution in [0.4, 0.5) is 17.6 Å². The van der Waals surface area contributed by atoms with Crippen LogP contribution < -0.4 is 4.74 Å². The summed E-state index contributed by atoms with van der Waals surface area (Å²) in [7, 11) is 0. The van der Waals surface area contributed by atoms with Crippen LogP contribution in [0.1, 0.15) is 20.8 Å². The minimum Gasteiger partial charge on any atom is -0.482 e. The lowest BCUT2D eigenvalue weighted by Gasteiger charge is -2.21. The van der Waals surface area contributed by atoms with Crippen molar-refractivity contribution in [2.45, 2.75) is 26.4 Å². The molecule has 0 spiro atoms. The van der Waals surface area contributed by atoms with Crippen LogP contribution in [0.2, 0.25) is 0 Å². The van der Waals surface area contributed by atoms with E-state index in [1.54, 1.807) is 0 Å². The maximum Gasteiger partial charge on any atom is 0.204 e. The number of hydrogen-bond acceptors (Lipinski definition) is 1. The molecule has 0 aliphatic heterocycles. The highest BCUT2D eigenvalue weighted by Gasteiger charge is 2.25. The van der Waals surface area contributed by atoms with Crippen LogP contribution in [0, 0.1) is 29.3 Å². The van der Waals surface area contributed by atoms with Gasteiger partial charge in [-0.05, 0) is 20.8 Å². The zero-order chi connectivity index (χ0) is 11.8. The SMILES string of the molecule is CC(C)(C)Oc1c(F)c(F)[c]c(F)c1F. The molecule has 83 valence electrons. The Labute approximate surface area is 84.7 Å². The average molecular weight is 221 g/mol. The summed E-state index contributed by atoms with van der Waals surface area (Å²) in [5.74, 6) is -7.43. The molecule has 0 bridgehead atoms. The van der Waals surface area contributed by atoms with Crippen molar-refractivity contribution in [2.24, 2.45) is 0 Å². The van der Waals surface area contributed by atoms with Crippen LogP contribution >= 0.6 is 0 Å². The quantitative estimate of drug-likeness (QED) is 0.522. The number of rotatable bonds is 1. The van der Waals surface area contributed by atoms with Crippen molar-refractivity contribution >= 4 is 0 Å². The molecule has 1 nitrogen and oxygen atoms in total. The van der Waals surface area contributed by atoms with Crippen molar-refractivity contribution in [3.63, 3.8) is 0 Å². The zero-order valence-electron chi connectivity index (χ0n) is 8.42. The zero-order valence-corrected chi connectivity index (χ0v) is 8.42. The smallest absolute Gasteiger partial charge is 0.204 e. The topological polar surface area (TPSA) is 9.23 Å².